The van der Waals surface area contributed by atoms with Crippen LogP contribution in [0.25, 0.3) is 0 Å². The molecule has 0 saturated carbocycles. The van der Waals surface area contributed by atoms with Gasteiger partial charge in [-0.25, -0.2) is 4.99 Å². The molecular formula is C21H41N2O+. The Morgan fingerprint density at radius 2 is 1.58 bits per heavy atom. The number of nitrogens with zero attached hydrogens (tertiary/aromatic N) is 2. The fraction of sp³-hybridized carbons (Fsp3) is 0.857. The van der Waals surface area contributed by atoms with E-state index in [-0.39, 0.29) is 6.61 Å². The standard InChI is InChI=1S/C21H41N2O/c1-3-5-6-7-8-9-10-11-12-13-14-15-21-22-16-18-23(21,17-4-2)19-20-24/h4,24H,2-3,5-20H2,1H3/q+1. The number of aliphatic hydroxyl groups excluding tert-OH is 1. The number of hydrogen-bond donors (Lipinski definition) is 1. The Morgan fingerprint density at radius 1 is 1.00 bits per heavy atom. The molecule has 1 rings (SSSR count). The molecule has 0 fully saturated rings. The van der Waals surface area contributed by atoms with E-state index >= 15 is 0 Å². The van der Waals surface area contributed by atoms with Gasteiger partial charge in [-0.2, -0.15) is 0 Å². The van der Waals surface area contributed by atoms with Crippen molar-refractivity contribution < 1.29 is 9.59 Å². The van der Waals surface area contributed by atoms with Gasteiger partial charge in [-0.1, -0.05) is 77.7 Å². The zero-order valence-corrected chi connectivity index (χ0v) is 16.1. The van der Waals surface area contributed by atoms with Crippen LogP contribution in [-0.2, 0) is 0 Å². The van der Waals surface area contributed by atoms with Crippen molar-refractivity contribution in [3.8, 4) is 0 Å². The third kappa shape index (κ3) is 7.94. The minimum atomic E-state index is 0.241. The summed E-state index contributed by atoms with van der Waals surface area (Å²) in [6.45, 7) is 10.1. The van der Waals surface area contributed by atoms with E-state index in [1.54, 1.807) is 0 Å². The average Bonchev–Trinajstić information content (AvgIpc) is 2.96. The highest BCUT2D eigenvalue weighted by atomic mass is 16.3. The second-order valence-electron chi connectivity index (χ2n) is 7.37. The molecule has 1 unspecified atom stereocenters. The second-order valence-corrected chi connectivity index (χ2v) is 7.37. The molecule has 0 aromatic carbocycles. The van der Waals surface area contributed by atoms with E-state index in [2.05, 4.69) is 13.5 Å². The molecular weight excluding hydrogens is 296 g/mol. The lowest BCUT2D eigenvalue weighted by atomic mass is 10.0. The fourth-order valence-electron chi connectivity index (χ4n) is 3.88. The van der Waals surface area contributed by atoms with Crippen molar-refractivity contribution >= 4 is 5.84 Å². The smallest absolute Gasteiger partial charge is 0.198 e. The molecule has 0 radical (unpaired) electrons. The van der Waals surface area contributed by atoms with Crippen LogP contribution in [0.15, 0.2) is 17.6 Å². The molecule has 0 saturated heterocycles. The summed E-state index contributed by atoms with van der Waals surface area (Å²) in [7, 11) is 0. The largest absolute Gasteiger partial charge is 0.390 e. The van der Waals surface area contributed by atoms with Gasteiger partial charge in [-0.3, -0.25) is 4.48 Å². The van der Waals surface area contributed by atoms with E-state index in [1.165, 1.54) is 76.5 Å². The highest BCUT2D eigenvalue weighted by molar-refractivity contribution is 5.76. The van der Waals surface area contributed by atoms with Gasteiger partial charge in [-0.05, 0) is 12.5 Å². The molecule has 0 amide bonds. The maximum atomic E-state index is 9.39. The molecule has 0 aromatic heterocycles. The molecule has 140 valence electrons. The molecule has 24 heavy (non-hydrogen) atoms. The van der Waals surface area contributed by atoms with Crippen LogP contribution in [-0.4, -0.2) is 48.2 Å². The minimum absolute atomic E-state index is 0.241. The lowest BCUT2D eigenvalue weighted by Gasteiger charge is -2.33. The van der Waals surface area contributed by atoms with Crippen LogP contribution >= 0.6 is 0 Å². The van der Waals surface area contributed by atoms with Gasteiger partial charge < -0.3 is 5.11 Å². The van der Waals surface area contributed by atoms with Gasteiger partial charge in [0.05, 0.1) is 13.2 Å². The van der Waals surface area contributed by atoms with Crippen molar-refractivity contribution in [2.75, 3.05) is 32.8 Å². The summed E-state index contributed by atoms with van der Waals surface area (Å²) < 4.78 is 0.859. The first-order valence-corrected chi connectivity index (χ1v) is 10.4. The Bertz CT molecular complexity index is 354. The molecule has 0 spiro atoms. The Morgan fingerprint density at radius 3 is 2.12 bits per heavy atom. The number of unbranched alkanes of at least 4 members (excludes halogenated alkanes) is 10. The van der Waals surface area contributed by atoms with E-state index in [4.69, 9.17) is 4.99 Å². The van der Waals surface area contributed by atoms with Crippen LogP contribution in [0.3, 0.4) is 0 Å². The van der Waals surface area contributed by atoms with E-state index < -0.39 is 0 Å². The summed E-state index contributed by atoms with van der Waals surface area (Å²) >= 11 is 0. The van der Waals surface area contributed by atoms with Crippen molar-refractivity contribution in [2.45, 2.75) is 84.0 Å². The summed E-state index contributed by atoms with van der Waals surface area (Å²) in [4.78, 5) is 4.74. The summed E-state index contributed by atoms with van der Waals surface area (Å²) in [5.41, 5.74) is 0. The predicted molar refractivity (Wildman–Crippen MR) is 106 cm³/mol. The molecule has 0 bridgehead atoms. The van der Waals surface area contributed by atoms with Gasteiger partial charge in [-0.15, -0.1) is 0 Å². The highest BCUT2D eigenvalue weighted by Crippen LogP contribution is 2.20. The average molecular weight is 338 g/mol. The molecule has 0 aliphatic carbocycles. The van der Waals surface area contributed by atoms with Crippen molar-refractivity contribution in [1.29, 1.82) is 0 Å². The molecule has 1 aliphatic heterocycles. The summed E-state index contributed by atoms with van der Waals surface area (Å²) in [6.07, 6.45) is 18.3. The highest BCUT2D eigenvalue weighted by Gasteiger charge is 2.35. The van der Waals surface area contributed by atoms with Gasteiger partial charge in [0.15, 0.2) is 5.84 Å². The van der Waals surface area contributed by atoms with Gasteiger partial charge in [0, 0.05) is 6.42 Å². The van der Waals surface area contributed by atoms with Crippen LogP contribution in [0.1, 0.15) is 84.0 Å². The van der Waals surface area contributed by atoms with Gasteiger partial charge in [0.1, 0.15) is 19.6 Å². The molecule has 3 heteroatoms. The Balaban J connectivity index is 2.07. The van der Waals surface area contributed by atoms with Crippen molar-refractivity contribution in [3.05, 3.63) is 12.7 Å². The minimum Gasteiger partial charge on any atom is -0.390 e. The molecule has 0 aromatic rings. The number of quaternary nitrogens is 1. The Hall–Kier alpha value is -0.670. The van der Waals surface area contributed by atoms with Crippen LogP contribution in [0.4, 0.5) is 0 Å². The van der Waals surface area contributed by atoms with E-state index in [0.29, 0.717) is 0 Å². The SMILES string of the molecule is C=CC[N+]1(CCO)CCN=C1CCCCCCCCCCCCC. The summed E-state index contributed by atoms with van der Waals surface area (Å²) in [6, 6.07) is 0. The zero-order valence-electron chi connectivity index (χ0n) is 16.1. The first-order chi connectivity index (χ1) is 11.8. The Labute approximate surface area is 150 Å². The van der Waals surface area contributed by atoms with Gasteiger partial charge in [0.2, 0.25) is 0 Å². The molecule has 1 N–H and O–H groups in total. The monoisotopic (exact) mass is 337 g/mol. The molecule has 1 aliphatic rings. The lowest BCUT2D eigenvalue weighted by Crippen LogP contribution is -2.52. The summed E-state index contributed by atoms with van der Waals surface area (Å²) in [5, 5.41) is 9.39. The number of aliphatic imine (C=N–C) groups is 1. The first kappa shape index (κ1) is 21.4. The zero-order chi connectivity index (χ0) is 17.5. The number of rotatable bonds is 16. The fourth-order valence-corrected chi connectivity index (χ4v) is 3.88. The molecule has 1 atom stereocenters. The maximum Gasteiger partial charge on any atom is 0.198 e. The third-order valence-corrected chi connectivity index (χ3v) is 5.38. The van der Waals surface area contributed by atoms with Gasteiger partial charge >= 0.3 is 0 Å². The number of aliphatic hydroxyl groups is 1. The predicted octanol–water partition coefficient (Wildman–Crippen LogP) is 5.09. The van der Waals surface area contributed by atoms with Crippen molar-refractivity contribution in [1.82, 2.24) is 0 Å². The Kier molecular flexibility index (Phi) is 12.1. The van der Waals surface area contributed by atoms with Crippen LogP contribution in [0, 0.1) is 0 Å². The van der Waals surface area contributed by atoms with Crippen LogP contribution in [0.5, 0.6) is 0 Å². The lowest BCUT2D eigenvalue weighted by molar-refractivity contribution is -0.830. The van der Waals surface area contributed by atoms with Crippen molar-refractivity contribution in [3.63, 3.8) is 0 Å². The quantitative estimate of drug-likeness (QED) is 0.237. The second kappa shape index (κ2) is 13.6. The summed E-state index contributed by atoms with van der Waals surface area (Å²) in [5.74, 6) is 1.31. The normalized spacial score (nSPS) is 20.3. The molecule has 1 heterocycles. The van der Waals surface area contributed by atoms with Crippen LogP contribution < -0.4 is 0 Å². The van der Waals surface area contributed by atoms with E-state index in [0.717, 1.165) is 37.1 Å². The van der Waals surface area contributed by atoms with Crippen molar-refractivity contribution in [2.24, 2.45) is 4.99 Å². The number of amidine groups is 1. The molecule has 3 nitrogen and oxygen atoms in total. The maximum absolute atomic E-state index is 9.39. The van der Waals surface area contributed by atoms with E-state index in [9.17, 15) is 5.11 Å². The topological polar surface area (TPSA) is 32.6 Å². The first-order valence-electron chi connectivity index (χ1n) is 10.4. The third-order valence-electron chi connectivity index (χ3n) is 5.38. The van der Waals surface area contributed by atoms with Crippen LogP contribution in [0.2, 0.25) is 0 Å². The van der Waals surface area contributed by atoms with E-state index in [1.807, 2.05) is 6.08 Å². The number of hydrogen-bond acceptors (Lipinski definition) is 2. The van der Waals surface area contributed by atoms with Gasteiger partial charge in [0.25, 0.3) is 0 Å².